The third-order valence-corrected chi connectivity index (χ3v) is 1.53. The number of aromatic nitrogens is 1. The Morgan fingerprint density at radius 2 is 2.57 bits per heavy atom. The van der Waals surface area contributed by atoms with Crippen molar-refractivity contribution in [3.05, 3.63) is 11.1 Å². The van der Waals surface area contributed by atoms with Crippen LogP contribution in [0.4, 0.5) is 5.69 Å². The van der Waals surface area contributed by atoms with Gasteiger partial charge in [0.2, 0.25) is 0 Å². The highest BCUT2D eigenvalue weighted by molar-refractivity contribution is 7.04. The van der Waals surface area contributed by atoms with Gasteiger partial charge in [-0.05, 0) is 18.5 Å². The first-order chi connectivity index (χ1) is 3.30. The van der Waals surface area contributed by atoms with Gasteiger partial charge in [0.15, 0.2) is 0 Å². The van der Waals surface area contributed by atoms with Gasteiger partial charge in [0, 0.05) is 5.38 Å². The smallest absolute Gasteiger partial charge is 0.0740 e. The van der Waals surface area contributed by atoms with E-state index in [-0.39, 0.29) is 0 Å². The molecule has 2 N–H and O–H groups in total. The summed E-state index contributed by atoms with van der Waals surface area (Å²) < 4.78 is 3.93. The summed E-state index contributed by atoms with van der Waals surface area (Å²) in [6, 6.07) is 0. The first kappa shape index (κ1) is 4.59. The Morgan fingerprint density at radius 3 is 2.71 bits per heavy atom. The summed E-state index contributed by atoms with van der Waals surface area (Å²) in [5.41, 5.74) is 7.12. The molecule has 0 aliphatic carbocycles. The molecule has 1 aromatic rings. The Labute approximate surface area is 46.1 Å². The molecule has 2 nitrogen and oxygen atoms in total. The number of rotatable bonds is 0. The Hall–Kier alpha value is -0.570. The minimum absolute atomic E-state index is 0.796. The quantitative estimate of drug-likeness (QED) is 0.547. The molecule has 1 aromatic heterocycles. The minimum Gasteiger partial charge on any atom is -0.397 e. The Morgan fingerprint density at radius 1 is 1.86 bits per heavy atom. The summed E-state index contributed by atoms with van der Waals surface area (Å²) in [7, 11) is 0. The van der Waals surface area contributed by atoms with Gasteiger partial charge in [-0.2, -0.15) is 4.37 Å². The molecule has 0 atom stereocenters. The van der Waals surface area contributed by atoms with Crippen molar-refractivity contribution < 1.29 is 0 Å². The molecule has 0 amide bonds. The number of hydrogen-bond donors (Lipinski definition) is 1. The van der Waals surface area contributed by atoms with Crippen molar-refractivity contribution in [1.29, 1.82) is 0 Å². The molecule has 3 heteroatoms. The van der Waals surface area contributed by atoms with E-state index in [1.807, 2.05) is 12.3 Å². The summed E-state index contributed by atoms with van der Waals surface area (Å²) in [5, 5.41) is 1.83. The largest absolute Gasteiger partial charge is 0.397 e. The van der Waals surface area contributed by atoms with Crippen molar-refractivity contribution in [3.8, 4) is 0 Å². The van der Waals surface area contributed by atoms with Gasteiger partial charge in [-0.15, -0.1) is 0 Å². The van der Waals surface area contributed by atoms with Gasteiger partial charge in [-0.3, -0.25) is 0 Å². The second-order valence-electron chi connectivity index (χ2n) is 1.36. The molecule has 0 spiro atoms. The van der Waals surface area contributed by atoms with Crippen LogP contribution in [0.25, 0.3) is 0 Å². The molecule has 0 saturated carbocycles. The molecule has 1 heterocycles. The van der Waals surface area contributed by atoms with Crippen molar-refractivity contribution in [2.45, 2.75) is 6.92 Å². The van der Waals surface area contributed by atoms with Crippen molar-refractivity contribution >= 4 is 17.2 Å². The molecule has 0 aliphatic rings. The van der Waals surface area contributed by atoms with Crippen molar-refractivity contribution in [2.75, 3.05) is 5.73 Å². The van der Waals surface area contributed by atoms with Gasteiger partial charge < -0.3 is 5.73 Å². The fourth-order valence-electron chi connectivity index (χ4n) is 0.300. The Kier molecular flexibility index (Phi) is 0.982. The molecular weight excluding hydrogens is 108 g/mol. The number of nitrogen functional groups attached to an aromatic ring is 1. The van der Waals surface area contributed by atoms with Crippen LogP contribution in [0.2, 0.25) is 0 Å². The fraction of sp³-hybridized carbons (Fsp3) is 0.250. The average Bonchev–Trinajstić information content (AvgIpc) is 1.91. The number of hydrogen-bond acceptors (Lipinski definition) is 3. The third-order valence-electron chi connectivity index (χ3n) is 0.787. The molecule has 1 rings (SSSR count). The monoisotopic (exact) mass is 114 g/mol. The van der Waals surface area contributed by atoms with E-state index in [9.17, 15) is 0 Å². The van der Waals surface area contributed by atoms with Gasteiger partial charge in [-0.1, -0.05) is 0 Å². The van der Waals surface area contributed by atoms with Gasteiger partial charge in [0.25, 0.3) is 0 Å². The predicted octanol–water partition coefficient (Wildman–Crippen LogP) is 1.03. The molecular formula is C4H6N2S. The molecule has 0 aliphatic heterocycles. The van der Waals surface area contributed by atoms with Crippen LogP contribution < -0.4 is 5.73 Å². The van der Waals surface area contributed by atoms with E-state index in [1.165, 1.54) is 11.5 Å². The van der Waals surface area contributed by atoms with Crippen molar-refractivity contribution in [2.24, 2.45) is 0 Å². The number of aryl methyl sites for hydroxylation is 1. The van der Waals surface area contributed by atoms with Gasteiger partial charge in [0.1, 0.15) is 0 Å². The molecule has 38 valence electrons. The van der Waals surface area contributed by atoms with Crippen LogP contribution in [-0.4, -0.2) is 4.37 Å². The maximum absolute atomic E-state index is 5.39. The summed E-state index contributed by atoms with van der Waals surface area (Å²) >= 11 is 1.39. The number of nitrogens with zero attached hydrogens (tertiary/aromatic N) is 1. The molecule has 7 heavy (non-hydrogen) atoms. The third kappa shape index (κ3) is 0.718. The summed E-state index contributed by atoms with van der Waals surface area (Å²) in [6.45, 7) is 1.89. The summed E-state index contributed by atoms with van der Waals surface area (Å²) in [6.07, 6.45) is 0. The van der Waals surface area contributed by atoms with Crippen LogP contribution in [-0.2, 0) is 0 Å². The van der Waals surface area contributed by atoms with E-state index < -0.39 is 0 Å². The highest BCUT2D eigenvalue weighted by Crippen LogP contribution is 2.08. The van der Waals surface area contributed by atoms with E-state index in [2.05, 4.69) is 4.37 Å². The summed E-state index contributed by atoms with van der Waals surface area (Å²) in [5.74, 6) is 0. The lowest BCUT2D eigenvalue weighted by Crippen LogP contribution is -1.82. The lowest BCUT2D eigenvalue weighted by Gasteiger charge is -1.78. The zero-order valence-electron chi connectivity index (χ0n) is 4.01. The molecule has 0 aromatic carbocycles. The average molecular weight is 114 g/mol. The maximum Gasteiger partial charge on any atom is 0.0740 e. The van der Waals surface area contributed by atoms with Crippen LogP contribution in [0.3, 0.4) is 0 Å². The van der Waals surface area contributed by atoms with E-state index >= 15 is 0 Å². The van der Waals surface area contributed by atoms with E-state index in [0.717, 1.165) is 11.4 Å². The van der Waals surface area contributed by atoms with Crippen LogP contribution in [0, 0.1) is 6.92 Å². The minimum atomic E-state index is 0.796. The van der Waals surface area contributed by atoms with Crippen LogP contribution in [0.15, 0.2) is 5.38 Å². The van der Waals surface area contributed by atoms with Crippen molar-refractivity contribution in [3.63, 3.8) is 0 Å². The Bertz CT molecular complexity index is 142. The molecule has 0 fully saturated rings. The zero-order valence-corrected chi connectivity index (χ0v) is 4.83. The first-order valence-corrected chi connectivity index (χ1v) is 2.81. The number of nitrogens with two attached hydrogens (primary N) is 1. The standard InChI is InChI=1S/C4H6N2S/c1-3-4(5)2-7-6-3/h2H,5H2,1H3. The number of anilines is 1. The van der Waals surface area contributed by atoms with Crippen molar-refractivity contribution in [1.82, 2.24) is 4.37 Å². The van der Waals surface area contributed by atoms with E-state index in [1.54, 1.807) is 0 Å². The second kappa shape index (κ2) is 1.50. The molecule has 0 radical (unpaired) electrons. The highest BCUT2D eigenvalue weighted by atomic mass is 32.1. The lowest BCUT2D eigenvalue weighted by atomic mass is 10.4. The lowest BCUT2D eigenvalue weighted by molar-refractivity contribution is 1.35. The maximum atomic E-state index is 5.39. The topological polar surface area (TPSA) is 38.9 Å². The van der Waals surface area contributed by atoms with E-state index in [0.29, 0.717) is 0 Å². The van der Waals surface area contributed by atoms with Crippen LogP contribution in [0.5, 0.6) is 0 Å². The molecule has 0 saturated heterocycles. The Balaban J connectivity index is 3.12. The highest BCUT2D eigenvalue weighted by Gasteiger charge is 1.89. The molecule has 0 bridgehead atoms. The zero-order chi connectivity index (χ0) is 5.28. The van der Waals surface area contributed by atoms with Crippen LogP contribution >= 0.6 is 11.5 Å². The van der Waals surface area contributed by atoms with Gasteiger partial charge in [0.05, 0.1) is 11.4 Å². The molecule has 0 unspecified atom stereocenters. The second-order valence-corrected chi connectivity index (χ2v) is 1.98. The first-order valence-electron chi connectivity index (χ1n) is 1.97. The van der Waals surface area contributed by atoms with E-state index in [4.69, 9.17) is 5.73 Å². The van der Waals surface area contributed by atoms with Gasteiger partial charge in [-0.25, -0.2) is 0 Å². The predicted molar refractivity (Wildman–Crippen MR) is 31.3 cm³/mol. The normalized spacial score (nSPS) is 9.29. The summed E-state index contributed by atoms with van der Waals surface area (Å²) in [4.78, 5) is 0. The SMILES string of the molecule is Cc1nscc1N. The fourth-order valence-corrected chi connectivity index (χ4v) is 0.901. The van der Waals surface area contributed by atoms with Crippen LogP contribution in [0.1, 0.15) is 5.69 Å². The van der Waals surface area contributed by atoms with Gasteiger partial charge >= 0.3 is 0 Å².